The molecule has 0 N–H and O–H groups in total. The normalized spacial score (nSPS) is 21.5. The van der Waals surface area contributed by atoms with Gasteiger partial charge in [0, 0.05) is 25.5 Å². The van der Waals surface area contributed by atoms with Gasteiger partial charge in [0.25, 0.3) is 0 Å². The number of rotatable bonds is 1. The van der Waals surface area contributed by atoms with Gasteiger partial charge >= 0.3 is 0 Å². The molecule has 1 aliphatic heterocycles. The Balaban J connectivity index is 1.79. The number of amides is 1. The van der Waals surface area contributed by atoms with Gasteiger partial charge in [0.1, 0.15) is 11.2 Å². The quantitative estimate of drug-likeness (QED) is 0.770. The lowest BCUT2D eigenvalue weighted by atomic mass is 9.74. The lowest BCUT2D eigenvalue weighted by molar-refractivity contribution is -0.142. The summed E-state index contributed by atoms with van der Waals surface area (Å²) in [4.78, 5) is 18.8. The van der Waals surface area contributed by atoms with Crippen LogP contribution in [0.25, 0.3) is 0 Å². The van der Waals surface area contributed by atoms with Gasteiger partial charge in [-0.3, -0.25) is 4.79 Å². The molecule has 0 radical (unpaired) electrons. The van der Waals surface area contributed by atoms with Crippen molar-refractivity contribution in [1.82, 2.24) is 14.5 Å². The molecule has 0 unspecified atom stereocenters. The molecule has 0 aromatic carbocycles. The second-order valence-electron chi connectivity index (χ2n) is 5.52. The number of hydrogen-bond acceptors (Lipinski definition) is 3. The van der Waals surface area contributed by atoms with Crippen molar-refractivity contribution < 1.29 is 4.79 Å². The van der Waals surface area contributed by atoms with E-state index in [0.717, 1.165) is 31.6 Å². The standard InChI is InChI=1S/C14H18N4O/c15-11-14(4-2-1-3-5-14)13(19)18-9-8-17-7-6-16-12(17)10-18/h6-7H,1-5,8-10H2. The van der Waals surface area contributed by atoms with E-state index in [2.05, 4.69) is 15.6 Å². The van der Waals surface area contributed by atoms with Gasteiger partial charge in [0.15, 0.2) is 0 Å². The van der Waals surface area contributed by atoms with Crippen molar-refractivity contribution in [3.05, 3.63) is 18.2 Å². The van der Waals surface area contributed by atoms with Gasteiger partial charge in [-0.2, -0.15) is 5.26 Å². The van der Waals surface area contributed by atoms with Crippen molar-refractivity contribution in [3.63, 3.8) is 0 Å². The van der Waals surface area contributed by atoms with E-state index in [-0.39, 0.29) is 5.91 Å². The molecule has 100 valence electrons. The molecule has 1 aromatic heterocycles. The maximum Gasteiger partial charge on any atom is 0.243 e. The molecule has 2 heterocycles. The van der Waals surface area contributed by atoms with Crippen molar-refractivity contribution >= 4 is 5.91 Å². The molecule has 1 fully saturated rings. The monoisotopic (exact) mass is 258 g/mol. The van der Waals surface area contributed by atoms with Crippen LogP contribution < -0.4 is 0 Å². The topological polar surface area (TPSA) is 61.9 Å². The molecule has 1 aromatic rings. The van der Waals surface area contributed by atoms with Crippen LogP contribution in [-0.2, 0) is 17.9 Å². The smallest absolute Gasteiger partial charge is 0.243 e. The molecular weight excluding hydrogens is 240 g/mol. The van der Waals surface area contributed by atoms with Crippen molar-refractivity contribution in [2.75, 3.05) is 6.54 Å². The lowest BCUT2D eigenvalue weighted by Gasteiger charge is -2.36. The molecule has 2 aliphatic rings. The zero-order valence-electron chi connectivity index (χ0n) is 11.0. The highest BCUT2D eigenvalue weighted by Gasteiger charge is 2.43. The second-order valence-corrected chi connectivity index (χ2v) is 5.52. The summed E-state index contributed by atoms with van der Waals surface area (Å²) in [6.07, 6.45) is 8.26. The molecule has 0 saturated heterocycles. The van der Waals surface area contributed by atoms with Crippen LogP contribution in [0.4, 0.5) is 0 Å². The Kier molecular flexibility index (Phi) is 3.02. The van der Waals surface area contributed by atoms with Gasteiger partial charge in [-0.05, 0) is 12.8 Å². The summed E-state index contributed by atoms with van der Waals surface area (Å²) in [5.74, 6) is 0.937. The number of fused-ring (bicyclic) bond motifs is 1. The average molecular weight is 258 g/mol. The van der Waals surface area contributed by atoms with E-state index in [0.29, 0.717) is 25.9 Å². The van der Waals surface area contributed by atoms with Crippen LogP contribution in [0.5, 0.6) is 0 Å². The number of nitriles is 1. The molecule has 0 spiro atoms. The highest BCUT2D eigenvalue weighted by atomic mass is 16.2. The van der Waals surface area contributed by atoms with Crippen LogP contribution in [0.1, 0.15) is 37.9 Å². The summed E-state index contributed by atoms with van der Waals surface area (Å²) in [5.41, 5.74) is -0.771. The number of nitrogens with zero attached hydrogens (tertiary/aromatic N) is 4. The van der Waals surface area contributed by atoms with E-state index < -0.39 is 5.41 Å². The molecule has 5 heteroatoms. The summed E-state index contributed by atoms with van der Waals surface area (Å²) in [6.45, 7) is 2.00. The summed E-state index contributed by atoms with van der Waals surface area (Å²) < 4.78 is 2.07. The molecule has 5 nitrogen and oxygen atoms in total. The fourth-order valence-electron chi connectivity index (χ4n) is 3.18. The van der Waals surface area contributed by atoms with Crippen LogP contribution in [0.3, 0.4) is 0 Å². The Morgan fingerprint density at radius 2 is 2.11 bits per heavy atom. The molecule has 1 aliphatic carbocycles. The Morgan fingerprint density at radius 3 is 2.84 bits per heavy atom. The SMILES string of the molecule is N#CC1(C(=O)N2CCn3ccnc3C2)CCCCC1. The van der Waals surface area contributed by atoms with Gasteiger partial charge in [0.05, 0.1) is 12.6 Å². The van der Waals surface area contributed by atoms with E-state index in [1.807, 2.05) is 11.1 Å². The lowest BCUT2D eigenvalue weighted by Crippen LogP contribution is -2.47. The van der Waals surface area contributed by atoms with Gasteiger partial charge in [-0.25, -0.2) is 4.98 Å². The maximum atomic E-state index is 12.7. The van der Waals surface area contributed by atoms with E-state index >= 15 is 0 Å². The first-order chi connectivity index (χ1) is 9.25. The zero-order valence-corrected chi connectivity index (χ0v) is 11.0. The van der Waals surface area contributed by atoms with Crippen LogP contribution in [-0.4, -0.2) is 26.9 Å². The summed E-state index contributed by atoms with van der Waals surface area (Å²) >= 11 is 0. The molecule has 19 heavy (non-hydrogen) atoms. The van der Waals surface area contributed by atoms with Gasteiger partial charge in [0.2, 0.25) is 5.91 Å². The Bertz CT molecular complexity index is 522. The predicted molar refractivity (Wildman–Crippen MR) is 68.8 cm³/mol. The molecule has 0 atom stereocenters. The zero-order chi connectivity index (χ0) is 13.3. The van der Waals surface area contributed by atoms with E-state index in [1.54, 1.807) is 6.20 Å². The third-order valence-electron chi connectivity index (χ3n) is 4.36. The first-order valence-corrected chi connectivity index (χ1v) is 6.96. The van der Waals surface area contributed by atoms with Gasteiger partial charge in [-0.15, -0.1) is 0 Å². The van der Waals surface area contributed by atoms with Crippen molar-refractivity contribution in [3.8, 4) is 6.07 Å². The van der Waals surface area contributed by atoms with Crippen LogP contribution in [0, 0.1) is 16.7 Å². The minimum atomic E-state index is -0.771. The number of carbonyl (C=O) groups excluding carboxylic acids is 1. The number of carbonyl (C=O) groups is 1. The minimum absolute atomic E-state index is 0.0175. The first-order valence-electron chi connectivity index (χ1n) is 6.96. The molecule has 3 rings (SSSR count). The van der Waals surface area contributed by atoms with Crippen LogP contribution >= 0.6 is 0 Å². The Labute approximate surface area is 112 Å². The van der Waals surface area contributed by atoms with Gasteiger partial charge < -0.3 is 9.47 Å². The largest absolute Gasteiger partial charge is 0.332 e. The average Bonchev–Trinajstić information content (AvgIpc) is 2.94. The number of imidazole rings is 1. The van der Waals surface area contributed by atoms with E-state index in [9.17, 15) is 10.1 Å². The summed E-state index contributed by atoms with van der Waals surface area (Å²) in [5, 5.41) is 9.48. The third-order valence-corrected chi connectivity index (χ3v) is 4.36. The molecule has 1 amide bonds. The highest BCUT2D eigenvalue weighted by molar-refractivity contribution is 5.85. The molecular formula is C14H18N4O. The van der Waals surface area contributed by atoms with E-state index in [4.69, 9.17) is 0 Å². The fourth-order valence-corrected chi connectivity index (χ4v) is 3.18. The second kappa shape index (κ2) is 4.69. The number of hydrogen-bond donors (Lipinski definition) is 0. The highest BCUT2D eigenvalue weighted by Crippen LogP contribution is 2.38. The minimum Gasteiger partial charge on any atom is -0.332 e. The van der Waals surface area contributed by atoms with Crippen LogP contribution in [0.2, 0.25) is 0 Å². The Hall–Kier alpha value is -1.83. The van der Waals surface area contributed by atoms with Crippen LogP contribution in [0.15, 0.2) is 12.4 Å². The first kappa shape index (κ1) is 12.2. The van der Waals surface area contributed by atoms with Gasteiger partial charge in [-0.1, -0.05) is 19.3 Å². The van der Waals surface area contributed by atoms with Crippen molar-refractivity contribution in [2.45, 2.75) is 45.2 Å². The van der Waals surface area contributed by atoms with E-state index in [1.165, 1.54) is 0 Å². The summed E-state index contributed by atoms with van der Waals surface area (Å²) in [7, 11) is 0. The third kappa shape index (κ3) is 2.01. The molecule has 0 bridgehead atoms. The predicted octanol–water partition coefficient (Wildman–Crippen LogP) is 1.70. The number of aromatic nitrogens is 2. The maximum absolute atomic E-state index is 12.7. The fraction of sp³-hybridized carbons (Fsp3) is 0.643. The Morgan fingerprint density at radius 1 is 1.32 bits per heavy atom. The van der Waals surface area contributed by atoms with Crippen molar-refractivity contribution in [2.24, 2.45) is 5.41 Å². The summed E-state index contributed by atoms with van der Waals surface area (Å²) in [6, 6.07) is 2.31. The molecule has 1 saturated carbocycles. The van der Waals surface area contributed by atoms with Crippen molar-refractivity contribution in [1.29, 1.82) is 5.26 Å².